The fourth-order valence-electron chi connectivity index (χ4n) is 0.458. The van der Waals surface area contributed by atoms with Crippen molar-refractivity contribution in [1.82, 2.24) is 0 Å². The second kappa shape index (κ2) is 3.79. The number of hydrogen-bond acceptors (Lipinski definition) is 4. The average Bonchev–Trinajstić information content (AvgIpc) is 1.84. The van der Waals surface area contributed by atoms with E-state index in [0.717, 1.165) is 0 Å². The zero-order valence-electron chi connectivity index (χ0n) is 5.36. The van der Waals surface area contributed by atoms with Gasteiger partial charge in [-0.15, -0.1) is 0 Å². The van der Waals surface area contributed by atoms with Gasteiger partial charge in [0.1, 0.15) is 6.10 Å². The summed E-state index contributed by atoms with van der Waals surface area (Å²) in [6, 6.07) is -0.507. The molecule has 0 rings (SSSR count). The molecule has 0 saturated carbocycles. The van der Waals surface area contributed by atoms with E-state index in [2.05, 4.69) is 0 Å². The Labute approximate surface area is 53.9 Å². The van der Waals surface area contributed by atoms with Crippen LogP contribution in [0.15, 0.2) is 0 Å². The largest absolute Gasteiger partial charge is 0.394 e. The van der Waals surface area contributed by atoms with E-state index < -0.39 is 24.9 Å². The molecule has 4 heteroatoms. The first kappa shape index (κ1) is 8.84. The van der Waals surface area contributed by atoms with Gasteiger partial charge in [0.05, 0.1) is 12.7 Å². The molecule has 3 unspecified atom stereocenters. The third kappa shape index (κ3) is 2.76. The summed E-state index contributed by atoms with van der Waals surface area (Å²) >= 11 is 0. The maximum Gasteiger partial charge on any atom is 0.104 e. The molecule has 0 aliphatic rings. The number of hydrogen-bond donors (Lipinski definition) is 4. The normalized spacial score (nSPS) is 21.0. The number of aliphatic hydroxyl groups excluding tert-OH is 3. The zero-order chi connectivity index (χ0) is 7.44. The number of nitrogens with two attached hydrogens (primary N) is 1. The van der Waals surface area contributed by atoms with Crippen molar-refractivity contribution >= 4 is 0 Å². The van der Waals surface area contributed by atoms with Crippen LogP contribution >= 0.6 is 0 Å². The summed E-state index contributed by atoms with van der Waals surface area (Å²) in [7, 11) is 0. The van der Waals surface area contributed by atoms with Gasteiger partial charge in [-0.05, 0) is 6.92 Å². The molecule has 3 atom stereocenters. The smallest absolute Gasteiger partial charge is 0.104 e. The van der Waals surface area contributed by atoms with Crippen LogP contribution in [0.5, 0.6) is 0 Å². The van der Waals surface area contributed by atoms with Crippen LogP contribution in [0.2, 0.25) is 0 Å². The second-order valence-corrected chi connectivity index (χ2v) is 2.10. The lowest BCUT2D eigenvalue weighted by atomic mass is 10.1. The minimum absolute atomic E-state index is 0.456. The predicted molar refractivity (Wildman–Crippen MR) is 32.7 cm³/mol. The summed E-state index contributed by atoms with van der Waals surface area (Å²) in [6.07, 6.45) is -2.15. The van der Waals surface area contributed by atoms with Gasteiger partial charge in [0.15, 0.2) is 0 Å². The Morgan fingerprint density at radius 3 is 2.00 bits per heavy atom. The Morgan fingerprint density at radius 1 is 1.44 bits per heavy atom. The lowest BCUT2D eigenvalue weighted by Gasteiger charge is -2.18. The van der Waals surface area contributed by atoms with Gasteiger partial charge in [-0.3, -0.25) is 0 Å². The van der Waals surface area contributed by atoms with Gasteiger partial charge in [0, 0.05) is 6.04 Å². The molecule has 56 valence electrons. The van der Waals surface area contributed by atoms with Crippen molar-refractivity contribution < 1.29 is 15.3 Å². The molecule has 0 aromatic carbocycles. The first-order chi connectivity index (χ1) is 4.09. The standard InChI is InChI=1S/C5H13NO3/c1-3(6)5(9)4(8)2-7/h3-5,7-9H,2,6H2,1H3. The first-order valence-electron chi connectivity index (χ1n) is 2.82. The third-order valence-corrected chi connectivity index (χ3v) is 1.12. The predicted octanol–water partition coefficient (Wildman–Crippen LogP) is -1.95. The molecule has 0 aromatic heterocycles. The van der Waals surface area contributed by atoms with Crippen LogP contribution in [0.3, 0.4) is 0 Å². The molecular formula is C5H13NO3. The van der Waals surface area contributed by atoms with E-state index in [1.54, 1.807) is 6.92 Å². The quantitative estimate of drug-likeness (QED) is 0.362. The fourth-order valence-corrected chi connectivity index (χ4v) is 0.458. The summed E-state index contributed by atoms with van der Waals surface area (Å²) < 4.78 is 0. The summed E-state index contributed by atoms with van der Waals surface area (Å²) in [4.78, 5) is 0. The van der Waals surface area contributed by atoms with Crippen molar-refractivity contribution in [3.63, 3.8) is 0 Å². The van der Waals surface area contributed by atoms with Crippen molar-refractivity contribution in [2.45, 2.75) is 25.2 Å². The topological polar surface area (TPSA) is 86.7 Å². The van der Waals surface area contributed by atoms with Crippen LogP contribution in [0.25, 0.3) is 0 Å². The monoisotopic (exact) mass is 135 g/mol. The molecule has 0 amide bonds. The van der Waals surface area contributed by atoms with Crippen molar-refractivity contribution in [2.24, 2.45) is 5.73 Å². The minimum Gasteiger partial charge on any atom is -0.394 e. The van der Waals surface area contributed by atoms with Crippen LogP contribution in [0.4, 0.5) is 0 Å². The van der Waals surface area contributed by atoms with E-state index in [1.807, 2.05) is 0 Å². The Bertz CT molecular complexity index is 76.6. The van der Waals surface area contributed by atoms with Crippen LogP contribution in [0.1, 0.15) is 6.92 Å². The maximum absolute atomic E-state index is 8.86. The van der Waals surface area contributed by atoms with Crippen LogP contribution in [0, 0.1) is 0 Å². The molecule has 0 fully saturated rings. The zero-order valence-corrected chi connectivity index (χ0v) is 5.36. The lowest BCUT2D eigenvalue weighted by molar-refractivity contribution is -0.0230. The van der Waals surface area contributed by atoms with E-state index in [4.69, 9.17) is 21.1 Å². The molecule has 0 saturated heterocycles. The summed E-state index contributed by atoms with van der Waals surface area (Å²) in [5, 5.41) is 25.9. The molecular weight excluding hydrogens is 122 g/mol. The Hall–Kier alpha value is -0.160. The fraction of sp³-hybridized carbons (Fsp3) is 1.00. The van der Waals surface area contributed by atoms with Gasteiger partial charge in [-0.25, -0.2) is 0 Å². The van der Waals surface area contributed by atoms with Gasteiger partial charge < -0.3 is 21.1 Å². The van der Waals surface area contributed by atoms with Gasteiger partial charge in [-0.2, -0.15) is 0 Å². The minimum atomic E-state index is -1.12. The molecule has 0 aliphatic carbocycles. The molecule has 0 radical (unpaired) electrons. The summed E-state index contributed by atoms with van der Waals surface area (Å²) in [6.45, 7) is 1.10. The van der Waals surface area contributed by atoms with Crippen molar-refractivity contribution in [2.75, 3.05) is 6.61 Å². The first-order valence-corrected chi connectivity index (χ1v) is 2.82. The summed E-state index contributed by atoms with van der Waals surface area (Å²) in [5.41, 5.74) is 5.19. The maximum atomic E-state index is 8.86. The van der Waals surface area contributed by atoms with Crippen molar-refractivity contribution in [3.8, 4) is 0 Å². The van der Waals surface area contributed by atoms with Gasteiger partial charge >= 0.3 is 0 Å². The van der Waals surface area contributed by atoms with Crippen molar-refractivity contribution in [1.29, 1.82) is 0 Å². The van der Waals surface area contributed by atoms with Crippen LogP contribution in [-0.4, -0.2) is 40.2 Å². The molecule has 5 N–H and O–H groups in total. The van der Waals surface area contributed by atoms with E-state index in [1.165, 1.54) is 0 Å². The Kier molecular flexibility index (Phi) is 3.72. The van der Waals surface area contributed by atoms with E-state index in [0.29, 0.717) is 0 Å². The molecule has 0 aliphatic heterocycles. The second-order valence-electron chi connectivity index (χ2n) is 2.10. The van der Waals surface area contributed by atoms with Crippen molar-refractivity contribution in [3.05, 3.63) is 0 Å². The molecule has 4 nitrogen and oxygen atoms in total. The number of rotatable bonds is 3. The van der Waals surface area contributed by atoms with E-state index in [9.17, 15) is 0 Å². The van der Waals surface area contributed by atoms with Crippen LogP contribution in [-0.2, 0) is 0 Å². The highest BCUT2D eigenvalue weighted by Crippen LogP contribution is 1.95. The van der Waals surface area contributed by atoms with Gasteiger partial charge in [0.25, 0.3) is 0 Å². The average molecular weight is 135 g/mol. The molecule has 0 aromatic rings. The summed E-state index contributed by atoms with van der Waals surface area (Å²) in [5.74, 6) is 0. The van der Waals surface area contributed by atoms with Gasteiger partial charge in [-0.1, -0.05) is 0 Å². The lowest BCUT2D eigenvalue weighted by Crippen LogP contribution is -2.42. The van der Waals surface area contributed by atoms with E-state index >= 15 is 0 Å². The Balaban J connectivity index is 3.58. The molecule has 0 spiro atoms. The van der Waals surface area contributed by atoms with Crippen LogP contribution < -0.4 is 5.73 Å². The molecule has 0 bridgehead atoms. The van der Waals surface area contributed by atoms with Gasteiger partial charge in [0.2, 0.25) is 0 Å². The molecule has 0 heterocycles. The number of aliphatic hydroxyl groups is 3. The highest BCUT2D eigenvalue weighted by atomic mass is 16.4. The highest BCUT2D eigenvalue weighted by molar-refractivity contribution is 4.73. The SMILES string of the molecule is CC(N)C(O)C(O)CO. The Morgan fingerprint density at radius 2 is 1.89 bits per heavy atom. The third-order valence-electron chi connectivity index (χ3n) is 1.12. The van der Waals surface area contributed by atoms with E-state index in [-0.39, 0.29) is 0 Å². The highest BCUT2D eigenvalue weighted by Gasteiger charge is 2.18. The molecule has 9 heavy (non-hydrogen) atoms.